The number of thioether (sulfide) groups is 1. The first kappa shape index (κ1) is 16.3. The number of nitrogens with zero attached hydrogens (tertiary/aromatic N) is 2. The van der Waals surface area contributed by atoms with Gasteiger partial charge in [0, 0.05) is 10.8 Å². The van der Waals surface area contributed by atoms with Crippen LogP contribution in [-0.2, 0) is 5.75 Å². The molecular weight excluding hydrogens is 372 g/mol. The van der Waals surface area contributed by atoms with E-state index in [4.69, 9.17) is 11.6 Å². The highest BCUT2D eigenvalue weighted by Gasteiger charge is 2.09. The van der Waals surface area contributed by atoms with Crippen molar-refractivity contribution >= 4 is 62.2 Å². The highest BCUT2D eigenvalue weighted by atomic mass is 35.5. The van der Waals surface area contributed by atoms with Crippen LogP contribution in [0.15, 0.2) is 46.1 Å². The zero-order valence-electron chi connectivity index (χ0n) is 11.7. The molecule has 0 radical (unpaired) electrons. The second kappa shape index (κ2) is 7.78. The number of carbonyl (C=O) groups excluding carboxylic acids is 1. The molecule has 0 aliphatic carbocycles. The molecule has 2 amide bonds. The highest BCUT2D eigenvalue weighted by Crippen LogP contribution is 2.29. The number of benzene rings is 1. The second-order valence-electron chi connectivity index (χ2n) is 4.35. The number of hydrogen-bond acceptors (Lipinski definition) is 6. The Morgan fingerprint density at radius 1 is 1.22 bits per heavy atom. The molecule has 0 saturated heterocycles. The first-order valence-corrected chi connectivity index (χ1v) is 9.57. The summed E-state index contributed by atoms with van der Waals surface area (Å²) in [5, 5.41) is 17.3. The van der Waals surface area contributed by atoms with Crippen molar-refractivity contribution in [2.45, 2.75) is 10.1 Å². The molecule has 0 fully saturated rings. The van der Waals surface area contributed by atoms with Gasteiger partial charge in [-0.2, -0.15) is 0 Å². The van der Waals surface area contributed by atoms with Gasteiger partial charge < -0.3 is 0 Å². The van der Waals surface area contributed by atoms with E-state index in [-0.39, 0.29) is 6.03 Å². The Morgan fingerprint density at radius 2 is 2.13 bits per heavy atom. The lowest BCUT2D eigenvalue weighted by molar-refractivity contribution is 0.262. The van der Waals surface area contributed by atoms with Gasteiger partial charge in [-0.25, -0.2) is 4.79 Å². The Kier molecular flexibility index (Phi) is 5.50. The fourth-order valence-corrected chi connectivity index (χ4v) is 4.20. The minimum atomic E-state index is -0.324. The number of urea groups is 1. The van der Waals surface area contributed by atoms with Crippen LogP contribution in [0, 0.1) is 0 Å². The van der Waals surface area contributed by atoms with Crippen molar-refractivity contribution in [2.24, 2.45) is 0 Å². The number of nitrogens with one attached hydrogen (secondary N) is 2. The fourth-order valence-electron chi connectivity index (χ4n) is 1.68. The molecule has 118 valence electrons. The Bertz CT molecular complexity index is 791. The summed E-state index contributed by atoms with van der Waals surface area (Å²) >= 11 is 10.3. The van der Waals surface area contributed by atoms with E-state index in [1.54, 1.807) is 11.8 Å². The van der Waals surface area contributed by atoms with Crippen LogP contribution in [-0.4, -0.2) is 16.2 Å². The lowest BCUT2D eigenvalue weighted by atomic mass is 10.2. The van der Waals surface area contributed by atoms with Gasteiger partial charge in [0.15, 0.2) is 4.34 Å². The van der Waals surface area contributed by atoms with Gasteiger partial charge in [0.25, 0.3) is 0 Å². The van der Waals surface area contributed by atoms with E-state index >= 15 is 0 Å². The second-order valence-corrected chi connectivity index (χ2v) is 7.93. The van der Waals surface area contributed by atoms with Crippen molar-refractivity contribution in [2.75, 3.05) is 10.6 Å². The smallest absolute Gasteiger partial charge is 0.299 e. The third-order valence-electron chi connectivity index (χ3n) is 2.64. The molecule has 9 heteroatoms. The number of hydrogen-bond donors (Lipinski definition) is 2. The normalized spacial score (nSPS) is 10.5. The Morgan fingerprint density at radius 3 is 2.91 bits per heavy atom. The molecule has 1 aromatic carbocycles. The van der Waals surface area contributed by atoms with Crippen molar-refractivity contribution in [1.82, 2.24) is 10.2 Å². The number of rotatable bonds is 5. The average molecular weight is 383 g/mol. The Labute approximate surface area is 150 Å². The Balaban J connectivity index is 1.52. The summed E-state index contributed by atoms with van der Waals surface area (Å²) in [6, 6.07) is 11.1. The van der Waals surface area contributed by atoms with Crippen molar-refractivity contribution < 1.29 is 4.79 Å². The molecule has 0 atom stereocenters. The SMILES string of the molecule is O=C(Nc1cccs1)Nc1nnc(SCc2cccc(Cl)c2)s1. The van der Waals surface area contributed by atoms with Gasteiger partial charge in [-0.1, -0.05) is 46.8 Å². The van der Waals surface area contributed by atoms with Gasteiger partial charge in [0.05, 0.1) is 5.00 Å². The standard InChI is InChI=1S/C14H11ClN4OS3/c15-10-4-1-3-9(7-10)8-22-14-19-18-13(23-14)17-12(20)16-11-5-2-6-21-11/h1-7H,8H2,(H2,16,17,18,20). The van der Waals surface area contributed by atoms with E-state index in [1.807, 2.05) is 41.8 Å². The predicted octanol–water partition coefficient (Wildman–Crippen LogP) is 5.19. The summed E-state index contributed by atoms with van der Waals surface area (Å²) in [5.74, 6) is 0.747. The van der Waals surface area contributed by atoms with E-state index in [0.29, 0.717) is 10.2 Å². The lowest BCUT2D eigenvalue weighted by Crippen LogP contribution is -2.18. The van der Waals surface area contributed by atoms with Gasteiger partial charge in [-0.15, -0.1) is 21.5 Å². The number of aromatic nitrogens is 2. The van der Waals surface area contributed by atoms with Gasteiger partial charge in [-0.3, -0.25) is 10.6 Å². The summed E-state index contributed by atoms with van der Waals surface area (Å²) in [6.07, 6.45) is 0. The van der Waals surface area contributed by atoms with Crippen LogP contribution in [0.1, 0.15) is 5.56 Å². The van der Waals surface area contributed by atoms with Gasteiger partial charge in [0.1, 0.15) is 0 Å². The topological polar surface area (TPSA) is 66.9 Å². The maximum atomic E-state index is 11.8. The average Bonchev–Trinajstić information content (AvgIpc) is 3.17. The summed E-state index contributed by atoms with van der Waals surface area (Å²) in [7, 11) is 0. The molecule has 3 rings (SSSR count). The monoisotopic (exact) mass is 382 g/mol. The molecule has 23 heavy (non-hydrogen) atoms. The minimum Gasteiger partial charge on any atom is -0.299 e. The van der Waals surface area contributed by atoms with Crippen LogP contribution in [0.2, 0.25) is 5.02 Å². The minimum absolute atomic E-state index is 0.324. The molecule has 0 bridgehead atoms. The quantitative estimate of drug-likeness (QED) is 0.470. The number of carbonyl (C=O) groups is 1. The van der Waals surface area contributed by atoms with Crippen LogP contribution >= 0.6 is 46.0 Å². The molecule has 0 unspecified atom stereocenters. The van der Waals surface area contributed by atoms with Crippen molar-refractivity contribution in [1.29, 1.82) is 0 Å². The zero-order valence-corrected chi connectivity index (χ0v) is 14.9. The lowest BCUT2D eigenvalue weighted by Gasteiger charge is -2.01. The van der Waals surface area contributed by atoms with Crippen LogP contribution < -0.4 is 10.6 Å². The van der Waals surface area contributed by atoms with Crippen LogP contribution in [0.25, 0.3) is 0 Å². The molecular formula is C14H11ClN4OS3. The maximum Gasteiger partial charge on any atom is 0.326 e. The summed E-state index contributed by atoms with van der Waals surface area (Å²) in [6.45, 7) is 0. The van der Waals surface area contributed by atoms with Crippen molar-refractivity contribution in [3.05, 3.63) is 52.4 Å². The first-order valence-electron chi connectivity index (χ1n) is 6.51. The van der Waals surface area contributed by atoms with E-state index in [2.05, 4.69) is 20.8 Å². The van der Waals surface area contributed by atoms with Crippen LogP contribution in [0.4, 0.5) is 14.9 Å². The summed E-state index contributed by atoms with van der Waals surface area (Å²) in [4.78, 5) is 11.8. The number of thiophene rings is 1. The maximum absolute atomic E-state index is 11.8. The largest absolute Gasteiger partial charge is 0.326 e. The molecule has 0 saturated carbocycles. The van der Waals surface area contributed by atoms with E-state index in [9.17, 15) is 4.79 Å². The summed E-state index contributed by atoms with van der Waals surface area (Å²) in [5.41, 5.74) is 1.11. The zero-order chi connectivity index (χ0) is 16.1. The third-order valence-corrected chi connectivity index (χ3v) is 5.70. The fraction of sp³-hybridized carbons (Fsp3) is 0.0714. The summed E-state index contributed by atoms with van der Waals surface area (Å²) < 4.78 is 0.788. The van der Waals surface area contributed by atoms with Gasteiger partial charge >= 0.3 is 6.03 Å². The molecule has 3 aromatic rings. The predicted molar refractivity (Wildman–Crippen MR) is 97.9 cm³/mol. The first-order chi connectivity index (χ1) is 11.2. The molecule has 2 aromatic heterocycles. The van der Waals surface area contributed by atoms with Gasteiger partial charge in [0.2, 0.25) is 5.13 Å². The molecule has 0 aliphatic heterocycles. The molecule has 2 N–H and O–H groups in total. The molecule has 2 heterocycles. The van der Waals surface area contributed by atoms with E-state index < -0.39 is 0 Å². The van der Waals surface area contributed by atoms with E-state index in [1.165, 1.54) is 22.7 Å². The number of halogens is 1. The van der Waals surface area contributed by atoms with Crippen molar-refractivity contribution in [3.8, 4) is 0 Å². The molecule has 5 nitrogen and oxygen atoms in total. The number of anilines is 2. The Hall–Kier alpha value is -1.61. The molecule has 0 aliphatic rings. The van der Waals surface area contributed by atoms with Crippen LogP contribution in [0.3, 0.4) is 0 Å². The van der Waals surface area contributed by atoms with E-state index in [0.717, 1.165) is 20.7 Å². The van der Waals surface area contributed by atoms with Crippen LogP contribution in [0.5, 0.6) is 0 Å². The molecule has 0 spiro atoms. The highest BCUT2D eigenvalue weighted by molar-refractivity contribution is 8.00. The van der Waals surface area contributed by atoms with Gasteiger partial charge in [-0.05, 0) is 35.2 Å². The number of amides is 2. The third kappa shape index (κ3) is 4.93. The van der Waals surface area contributed by atoms with Crippen molar-refractivity contribution in [3.63, 3.8) is 0 Å².